The number of methoxy groups -OCH3 is 1. The van der Waals surface area contributed by atoms with Crippen molar-refractivity contribution in [3.05, 3.63) is 58.4 Å². The molecule has 2 heterocycles. The number of nitrogens with one attached hydrogen (secondary N) is 1. The fourth-order valence-corrected chi connectivity index (χ4v) is 5.44. The van der Waals surface area contributed by atoms with Crippen LogP contribution in [-0.4, -0.2) is 57.2 Å². The maximum atomic E-state index is 12.5. The number of unbranched alkanes of at least 4 members (excludes halogenated alkanes) is 1. The number of anilines is 1. The number of thiophene rings is 1. The van der Waals surface area contributed by atoms with Gasteiger partial charge in [-0.15, -0.1) is 11.3 Å². The Bertz CT molecular complexity index is 1030. The number of hydrogen-bond acceptors (Lipinski definition) is 5. The minimum absolute atomic E-state index is 0.0726. The average molecular weight is 458 g/mol. The number of halogens is 1. The number of ether oxygens (including phenoxy) is 1. The fourth-order valence-electron chi connectivity index (χ4n) is 4.01. The highest BCUT2D eigenvalue weighted by Crippen LogP contribution is 2.35. The number of amides is 1. The van der Waals surface area contributed by atoms with Gasteiger partial charge in [-0.1, -0.05) is 41.9 Å². The van der Waals surface area contributed by atoms with Crippen molar-refractivity contribution in [2.24, 2.45) is 0 Å². The number of fused-ring (bicyclic) bond motifs is 1. The van der Waals surface area contributed by atoms with Gasteiger partial charge in [0.2, 0.25) is 0 Å². The molecule has 1 aliphatic heterocycles. The molecule has 1 N–H and O–H groups in total. The van der Waals surface area contributed by atoms with Crippen LogP contribution in [0.2, 0.25) is 5.02 Å². The van der Waals surface area contributed by atoms with E-state index in [0.29, 0.717) is 16.4 Å². The van der Waals surface area contributed by atoms with Crippen LogP contribution in [0.1, 0.15) is 22.5 Å². The fraction of sp³-hybridized carbons (Fsp3) is 0.375. The quantitative estimate of drug-likeness (QED) is 0.489. The highest BCUT2D eigenvalue weighted by atomic mass is 35.5. The van der Waals surface area contributed by atoms with Crippen LogP contribution in [0.5, 0.6) is 5.75 Å². The van der Waals surface area contributed by atoms with Gasteiger partial charge in [0.1, 0.15) is 10.6 Å². The number of nitrogens with zero attached hydrogens (tertiary/aromatic N) is 2. The van der Waals surface area contributed by atoms with E-state index in [9.17, 15) is 4.79 Å². The number of carbonyl (C=O) groups is 1. The van der Waals surface area contributed by atoms with E-state index in [1.165, 1.54) is 17.0 Å². The SMILES string of the molecule is COc1ccccc1N1CCN(CCCCNC(=O)c2sc3ccccc3c2Cl)CC1. The normalized spacial score (nSPS) is 14.7. The van der Waals surface area contributed by atoms with Gasteiger partial charge in [0, 0.05) is 42.8 Å². The predicted molar refractivity (Wildman–Crippen MR) is 130 cm³/mol. The summed E-state index contributed by atoms with van der Waals surface area (Å²) in [5, 5.41) is 4.54. The lowest BCUT2D eigenvalue weighted by atomic mass is 10.2. The predicted octanol–water partition coefficient (Wildman–Crippen LogP) is 4.90. The molecule has 0 radical (unpaired) electrons. The summed E-state index contributed by atoms with van der Waals surface area (Å²) in [6.45, 7) is 5.82. The van der Waals surface area contributed by atoms with Crippen LogP contribution >= 0.6 is 22.9 Å². The smallest absolute Gasteiger partial charge is 0.262 e. The molecule has 0 spiro atoms. The van der Waals surface area contributed by atoms with Gasteiger partial charge >= 0.3 is 0 Å². The molecule has 1 aromatic heterocycles. The highest BCUT2D eigenvalue weighted by Gasteiger charge is 2.19. The molecule has 3 aromatic rings. The summed E-state index contributed by atoms with van der Waals surface area (Å²) >= 11 is 7.85. The second-order valence-electron chi connectivity index (χ2n) is 7.70. The third-order valence-electron chi connectivity index (χ3n) is 5.73. The zero-order valence-electron chi connectivity index (χ0n) is 17.8. The van der Waals surface area contributed by atoms with Crippen LogP contribution < -0.4 is 15.0 Å². The van der Waals surface area contributed by atoms with Gasteiger partial charge in [-0.3, -0.25) is 9.69 Å². The second kappa shape index (κ2) is 10.4. The van der Waals surface area contributed by atoms with Crippen LogP contribution in [-0.2, 0) is 0 Å². The van der Waals surface area contributed by atoms with Crippen molar-refractivity contribution < 1.29 is 9.53 Å². The summed E-state index contributed by atoms with van der Waals surface area (Å²) in [4.78, 5) is 18.0. The molecule has 7 heteroatoms. The topological polar surface area (TPSA) is 44.8 Å². The maximum absolute atomic E-state index is 12.5. The van der Waals surface area contributed by atoms with E-state index >= 15 is 0 Å². The Hall–Kier alpha value is -2.28. The van der Waals surface area contributed by atoms with Crippen molar-refractivity contribution in [1.29, 1.82) is 0 Å². The Balaban J connectivity index is 1.17. The lowest BCUT2D eigenvalue weighted by Gasteiger charge is -2.36. The van der Waals surface area contributed by atoms with Gasteiger partial charge in [-0.05, 0) is 37.6 Å². The Morgan fingerprint density at radius 1 is 1.06 bits per heavy atom. The van der Waals surface area contributed by atoms with Crippen LogP contribution in [0.3, 0.4) is 0 Å². The van der Waals surface area contributed by atoms with E-state index in [0.717, 1.165) is 61.4 Å². The Kier molecular flexibility index (Phi) is 7.33. The summed E-state index contributed by atoms with van der Waals surface area (Å²) in [5.41, 5.74) is 1.17. The minimum Gasteiger partial charge on any atom is -0.495 e. The first-order valence-electron chi connectivity index (χ1n) is 10.7. The number of piperazine rings is 1. The van der Waals surface area contributed by atoms with Crippen molar-refractivity contribution in [1.82, 2.24) is 10.2 Å². The Morgan fingerprint density at radius 2 is 1.81 bits per heavy atom. The first-order valence-corrected chi connectivity index (χ1v) is 11.9. The monoisotopic (exact) mass is 457 g/mol. The number of hydrogen-bond donors (Lipinski definition) is 1. The summed E-state index contributed by atoms with van der Waals surface area (Å²) in [6, 6.07) is 16.1. The summed E-state index contributed by atoms with van der Waals surface area (Å²) < 4.78 is 6.54. The number of benzene rings is 2. The van der Waals surface area contributed by atoms with Gasteiger partial charge in [-0.2, -0.15) is 0 Å². The molecular weight excluding hydrogens is 430 g/mol. The van der Waals surface area contributed by atoms with Crippen molar-refractivity contribution in [2.45, 2.75) is 12.8 Å². The molecule has 1 aliphatic rings. The van der Waals surface area contributed by atoms with Gasteiger partial charge in [0.25, 0.3) is 5.91 Å². The molecule has 1 saturated heterocycles. The molecule has 1 fully saturated rings. The molecule has 0 bridgehead atoms. The number of rotatable bonds is 8. The summed E-state index contributed by atoms with van der Waals surface area (Å²) in [7, 11) is 1.72. The van der Waals surface area contributed by atoms with Crippen molar-refractivity contribution in [3.63, 3.8) is 0 Å². The maximum Gasteiger partial charge on any atom is 0.262 e. The molecule has 0 atom stereocenters. The van der Waals surface area contributed by atoms with E-state index < -0.39 is 0 Å². The lowest BCUT2D eigenvalue weighted by Crippen LogP contribution is -2.46. The lowest BCUT2D eigenvalue weighted by molar-refractivity contribution is 0.0956. The van der Waals surface area contributed by atoms with Crippen LogP contribution in [0.15, 0.2) is 48.5 Å². The molecule has 0 unspecified atom stereocenters. The zero-order chi connectivity index (χ0) is 21.6. The van der Waals surface area contributed by atoms with E-state index in [4.69, 9.17) is 16.3 Å². The van der Waals surface area contributed by atoms with E-state index in [1.54, 1.807) is 7.11 Å². The number of carbonyl (C=O) groups excluding carboxylic acids is 1. The molecule has 164 valence electrons. The third-order valence-corrected chi connectivity index (χ3v) is 7.40. The molecular formula is C24H28ClN3O2S. The van der Waals surface area contributed by atoms with Crippen molar-refractivity contribution in [2.75, 3.05) is 51.3 Å². The van der Waals surface area contributed by atoms with Gasteiger partial charge in [0.15, 0.2) is 0 Å². The zero-order valence-corrected chi connectivity index (χ0v) is 19.3. The van der Waals surface area contributed by atoms with Gasteiger partial charge in [0.05, 0.1) is 17.8 Å². The average Bonchev–Trinajstić information content (AvgIpc) is 3.16. The van der Waals surface area contributed by atoms with Crippen LogP contribution in [0.25, 0.3) is 10.1 Å². The minimum atomic E-state index is -0.0726. The van der Waals surface area contributed by atoms with Crippen LogP contribution in [0, 0.1) is 0 Å². The van der Waals surface area contributed by atoms with Crippen LogP contribution in [0.4, 0.5) is 5.69 Å². The second-order valence-corrected chi connectivity index (χ2v) is 9.14. The van der Waals surface area contributed by atoms with E-state index in [-0.39, 0.29) is 5.91 Å². The van der Waals surface area contributed by atoms with E-state index in [1.807, 2.05) is 36.4 Å². The summed E-state index contributed by atoms with van der Waals surface area (Å²) in [6.07, 6.45) is 2.02. The number of para-hydroxylation sites is 2. The van der Waals surface area contributed by atoms with Gasteiger partial charge in [-0.25, -0.2) is 0 Å². The first-order chi connectivity index (χ1) is 15.2. The first kappa shape index (κ1) is 21.9. The molecule has 31 heavy (non-hydrogen) atoms. The molecule has 0 aliphatic carbocycles. The molecule has 1 amide bonds. The molecule has 4 rings (SSSR count). The molecule has 2 aromatic carbocycles. The van der Waals surface area contributed by atoms with E-state index in [2.05, 4.69) is 27.2 Å². The standard InChI is InChI=1S/C24H28ClN3O2S/c1-30-20-10-4-3-9-19(20)28-16-14-27(15-17-28)13-7-6-12-26-24(29)23-22(25)18-8-2-5-11-21(18)31-23/h2-5,8-11H,6-7,12-17H2,1H3,(H,26,29). The third kappa shape index (κ3) is 5.14. The largest absolute Gasteiger partial charge is 0.495 e. The summed E-state index contributed by atoms with van der Waals surface area (Å²) in [5.74, 6) is 0.863. The Labute approximate surface area is 192 Å². The highest BCUT2D eigenvalue weighted by molar-refractivity contribution is 7.21. The van der Waals surface area contributed by atoms with Gasteiger partial charge < -0.3 is 15.0 Å². The molecule has 0 saturated carbocycles. The molecule has 5 nitrogen and oxygen atoms in total. The van der Waals surface area contributed by atoms with Crippen molar-refractivity contribution in [3.8, 4) is 5.75 Å². The Morgan fingerprint density at radius 3 is 2.58 bits per heavy atom. The van der Waals surface area contributed by atoms with Crippen molar-refractivity contribution >= 4 is 44.6 Å².